The minimum Gasteiger partial charge on any atom is -0.496 e. The summed E-state index contributed by atoms with van der Waals surface area (Å²) in [7, 11) is 1.70. The van der Waals surface area contributed by atoms with Crippen molar-refractivity contribution in [2.24, 2.45) is 0 Å². The second kappa shape index (κ2) is 14.4. The molecule has 3 heteroatoms. The van der Waals surface area contributed by atoms with Crippen molar-refractivity contribution in [3.63, 3.8) is 0 Å². The van der Waals surface area contributed by atoms with E-state index in [9.17, 15) is 0 Å². The molecule has 248 valence electrons. The standard InChI is InChI=1S/C19H16O.C17H16O.C11H10O/c1-12(2)20-17-11-9-15-7-6-13-4-3-5-14-8-10-16(17)19(15)18(13)14;1-12(2)18-17-15-9-5-3-7-13(15)11-14-8-4-6-10-16(14)17;1-12-11-8-4-6-9-5-2-3-7-10(9)11/h3-12H,1-2H3;3-12H,1-2H3;2-8H,1H3. The molecule has 9 rings (SSSR count). The van der Waals surface area contributed by atoms with E-state index < -0.39 is 0 Å². The number of ether oxygens (including phenoxy) is 3. The molecule has 9 aromatic carbocycles. The first kappa shape index (κ1) is 32.7. The highest BCUT2D eigenvalue weighted by atomic mass is 16.5. The van der Waals surface area contributed by atoms with Crippen LogP contribution in [-0.2, 0) is 0 Å². The average molecular weight is 655 g/mol. The number of methoxy groups -OCH3 is 1. The Kier molecular flexibility index (Phi) is 9.40. The zero-order valence-corrected chi connectivity index (χ0v) is 29.3. The van der Waals surface area contributed by atoms with Crippen LogP contribution in [0.25, 0.3) is 64.6 Å². The van der Waals surface area contributed by atoms with Crippen LogP contribution in [-0.4, -0.2) is 19.3 Å². The Morgan fingerprint density at radius 1 is 0.360 bits per heavy atom. The van der Waals surface area contributed by atoms with Gasteiger partial charge in [0.05, 0.1) is 19.3 Å². The van der Waals surface area contributed by atoms with Gasteiger partial charge in [0.1, 0.15) is 17.2 Å². The first-order valence-electron chi connectivity index (χ1n) is 17.3. The molecule has 0 heterocycles. The largest absolute Gasteiger partial charge is 0.496 e. The lowest BCUT2D eigenvalue weighted by Gasteiger charge is -2.16. The summed E-state index contributed by atoms with van der Waals surface area (Å²) < 4.78 is 17.2. The molecule has 0 aliphatic rings. The highest BCUT2D eigenvalue weighted by Gasteiger charge is 2.12. The zero-order chi connectivity index (χ0) is 34.6. The fourth-order valence-electron chi connectivity index (χ4n) is 6.77. The summed E-state index contributed by atoms with van der Waals surface area (Å²) in [5.74, 6) is 2.91. The summed E-state index contributed by atoms with van der Waals surface area (Å²) in [6.07, 6.45) is 0.368. The SMILES string of the molecule is CC(C)Oc1c2ccccc2cc2ccccc12.CC(C)Oc1ccc2ccc3cccc4ccc1c2c34.COc1cccc2ccccc12. The fraction of sp³-hybridized carbons (Fsp3) is 0.149. The van der Waals surface area contributed by atoms with Crippen molar-refractivity contribution in [3.8, 4) is 17.2 Å². The van der Waals surface area contributed by atoms with E-state index in [-0.39, 0.29) is 12.2 Å². The molecule has 0 aromatic heterocycles. The number of rotatable bonds is 5. The number of hydrogen-bond donors (Lipinski definition) is 0. The lowest BCUT2D eigenvalue weighted by Crippen LogP contribution is -2.06. The van der Waals surface area contributed by atoms with E-state index in [1.165, 1.54) is 64.6 Å². The molecule has 0 atom stereocenters. The minimum absolute atomic E-state index is 0.180. The van der Waals surface area contributed by atoms with Gasteiger partial charge in [-0.2, -0.15) is 0 Å². The van der Waals surface area contributed by atoms with Crippen LogP contribution in [0.2, 0.25) is 0 Å². The van der Waals surface area contributed by atoms with Crippen LogP contribution in [0.15, 0.2) is 152 Å². The van der Waals surface area contributed by atoms with Gasteiger partial charge in [-0.3, -0.25) is 0 Å². The topological polar surface area (TPSA) is 27.7 Å². The Balaban J connectivity index is 0.000000121. The van der Waals surface area contributed by atoms with Crippen LogP contribution < -0.4 is 14.2 Å². The second-order valence-electron chi connectivity index (χ2n) is 13.1. The van der Waals surface area contributed by atoms with Crippen molar-refractivity contribution >= 4 is 64.6 Å². The average Bonchev–Trinajstić information content (AvgIpc) is 3.14. The van der Waals surface area contributed by atoms with Crippen molar-refractivity contribution in [3.05, 3.63) is 152 Å². The Labute approximate surface area is 294 Å². The van der Waals surface area contributed by atoms with E-state index in [4.69, 9.17) is 14.2 Å². The highest BCUT2D eigenvalue weighted by molar-refractivity contribution is 6.24. The van der Waals surface area contributed by atoms with Gasteiger partial charge in [0, 0.05) is 26.9 Å². The van der Waals surface area contributed by atoms with Gasteiger partial charge in [0.2, 0.25) is 0 Å². The third kappa shape index (κ3) is 6.60. The smallest absolute Gasteiger partial charge is 0.135 e. The maximum Gasteiger partial charge on any atom is 0.135 e. The van der Waals surface area contributed by atoms with Crippen LogP contribution in [0.1, 0.15) is 27.7 Å². The second-order valence-corrected chi connectivity index (χ2v) is 13.1. The van der Waals surface area contributed by atoms with E-state index in [1.54, 1.807) is 7.11 Å². The van der Waals surface area contributed by atoms with E-state index in [2.05, 4.69) is 155 Å². The van der Waals surface area contributed by atoms with Gasteiger partial charge in [0.15, 0.2) is 0 Å². The molecule has 0 saturated carbocycles. The molecule has 0 bridgehead atoms. The van der Waals surface area contributed by atoms with E-state index in [1.807, 2.05) is 24.3 Å². The van der Waals surface area contributed by atoms with Gasteiger partial charge in [-0.15, -0.1) is 0 Å². The van der Waals surface area contributed by atoms with E-state index in [0.29, 0.717) is 0 Å². The van der Waals surface area contributed by atoms with E-state index >= 15 is 0 Å². The Hall–Kier alpha value is -5.80. The summed E-state index contributed by atoms with van der Waals surface area (Å²) in [6, 6.07) is 52.7. The monoisotopic (exact) mass is 654 g/mol. The van der Waals surface area contributed by atoms with Gasteiger partial charge in [0.25, 0.3) is 0 Å². The molecule has 3 nitrogen and oxygen atoms in total. The molecule has 0 aliphatic carbocycles. The Morgan fingerprint density at radius 3 is 1.46 bits per heavy atom. The van der Waals surface area contributed by atoms with Crippen molar-refractivity contribution in [1.82, 2.24) is 0 Å². The molecule has 0 saturated heterocycles. The maximum atomic E-state index is 6.04. The molecule has 50 heavy (non-hydrogen) atoms. The van der Waals surface area contributed by atoms with Gasteiger partial charge in [-0.1, -0.05) is 127 Å². The maximum absolute atomic E-state index is 6.04. The van der Waals surface area contributed by atoms with Crippen molar-refractivity contribution in [2.75, 3.05) is 7.11 Å². The Bertz CT molecular complexity index is 2470. The van der Waals surface area contributed by atoms with Crippen LogP contribution in [0.3, 0.4) is 0 Å². The fourth-order valence-corrected chi connectivity index (χ4v) is 6.77. The lowest BCUT2D eigenvalue weighted by atomic mass is 9.94. The van der Waals surface area contributed by atoms with Crippen molar-refractivity contribution in [1.29, 1.82) is 0 Å². The summed E-state index contributed by atoms with van der Waals surface area (Å²) in [5.41, 5.74) is 0. The lowest BCUT2D eigenvalue weighted by molar-refractivity contribution is 0.245. The van der Waals surface area contributed by atoms with Crippen LogP contribution in [0, 0.1) is 0 Å². The predicted octanol–water partition coefficient (Wildman–Crippen LogP) is 13.0. The molecule has 0 fully saturated rings. The number of benzene rings is 9. The Morgan fingerprint density at radius 2 is 0.840 bits per heavy atom. The number of hydrogen-bond acceptors (Lipinski definition) is 3. The quantitative estimate of drug-likeness (QED) is 0.137. The van der Waals surface area contributed by atoms with E-state index in [0.717, 1.165) is 17.2 Å². The van der Waals surface area contributed by atoms with Crippen LogP contribution in [0.5, 0.6) is 17.2 Å². The summed E-state index contributed by atoms with van der Waals surface area (Å²) >= 11 is 0. The summed E-state index contributed by atoms with van der Waals surface area (Å²) in [5, 5.41) is 15.0. The van der Waals surface area contributed by atoms with Crippen molar-refractivity contribution in [2.45, 2.75) is 39.9 Å². The normalized spacial score (nSPS) is 11.3. The van der Waals surface area contributed by atoms with Crippen LogP contribution in [0.4, 0.5) is 0 Å². The van der Waals surface area contributed by atoms with Crippen molar-refractivity contribution < 1.29 is 14.2 Å². The molecule has 0 radical (unpaired) electrons. The molecule has 0 unspecified atom stereocenters. The van der Waals surface area contributed by atoms with Gasteiger partial charge in [-0.25, -0.2) is 0 Å². The predicted molar refractivity (Wildman–Crippen MR) is 214 cm³/mol. The third-order valence-electron chi connectivity index (χ3n) is 8.90. The van der Waals surface area contributed by atoms with Crippen LogP contribution >= 0.6 is 0 Å². The zero-order valence-electron chi connectivity index (χ0n) is 29.3. The molecule has 9 aromatic rings. The first-order valence-corrected chi connectivity index (χ1v) is 17.3. The third-order valence-corrected chi connectivity index (χ3v) is 8.90. The minimum atomic E-state index is 0.180. The summed E-state index contributed by atoms with van der Waals surface area (Å²) in [4.78, 5) is 0. The molecular weight excluding hydrogens is 613 g/mol. The highest BCUT2D eigenvalue weighted by Crippen LogP contribution is 2.39. The molecule has 0 aliphatic heterocycles. The number of fused-ring (bicyclic) bond motifs is 3. The molecule has 0 N–H and O–H groups in total. The van der Waals surface area contributed by atoms with Gasteiger partial charge >= 0.3 is 0 Å². The molecule has 0 spiro atoms. The van der Waals surface area contributed by atoms with Gasteiger partial charge in [-0.05, 0) is 89.7 Å². The van der Waals surface area contributed by atoms with Gasteiger partial charge < -0.3 is 14.2 Å². The molecular formula is C47H42O3. The molecule has 0 amide bonds. The summed E-state index contributed by atoms with van der Waals surface area (Å²) in [6.45, 7) is 8.27. The first-order chi connectivity index (χ1) is 24.4.